The fraction of sp³-hybridized carbons (Fsp3) is 0.125. The van der Waals surface area contributed by atoms with Gasteiger partial charge in [0.15, 0.2) is 6.61 Å². The second kappa shape index (κ2) is 7.89. The van der Waals surface area contributed by atoms with Crippen LogP contribution in [0, 0.1) is 0 Å². The number of anilines is 1. The zero-order valence-electron chi connectivity index (χ0n) is 12.2. The fourth-order valence-electron chi connectivity index (χ4n) is 1.86. The van der Waals surface area contributed by atoms with Crippen molar-refractivity contribution in [1.82, 2.24) is 0 Å². The number of hydrogen-bond acceptors (Lipinski definition) is 4. The first-order valence-corrected chi connectivity index (χ1v) is 8.56. The molecule has 1 N–H and O–H groups in total. The number of amides is 1. The maximum absolute atomic E-state index is 12.0. The van der Waals surface area contributed by atoms with Crippen LogP contribution in [-0.4, -0.2) is 28.9 Å². The molecule has 7 heteroatoms. The van der Waals surface area contributed by atoms with Crippen molar-refractivity contribution in [2.75, 3.05) is 18.2 Å². The van der Waals surface area contributed by atoms with E-state index in [9.17, 15) is 13.8 Å². The standard InChI is InChI=1S/C16H14ClNO4S/c1-23(21)14-8-3-2-7-13(14)16(20)22-10-15(19)18-12-6-4-5-11(17)9-12/h2-9H,10H2,1H3,(H,18,19)/t23-/m1/s1. The first-order valence-electron chi connectivity index (χ1n) is 6.62. The van der Waals surface area contributed by atoms with Gasteiger partial charge in [0.1, 0.15) is 0 Å². The lowest BCUT2D eigenvalue weighted by atomic mass is 10.2. The highest BCUT2D eigenvalue weighted by molar-refractivity contribution is 7.84. The number of hydrogen-bond donors (Lipinski definition) is 1. The summed E-state index contributed by atoms with van der Waals surface area (Å²) in [6.45, 7) is -0.448. The van der Waals surface area contributed by atoms with E-state index in [1.807, 2.05) is 0 Å². The van der Waals surface area contributed by atoms with E-state index >= 15 is 0 Å². The molecule has 2 rings (SSSR count). The Kier molecular flexibility index (Phi) is 5.90. The quantitative estimate of drug-likeness (QED) is 0.841. The van der Waals surface area contributed by atoms with Crippen molar-refractivity contribution in [3.8, 4) is 0 Å². The average Bonchev–Trinajstić information content (AvgIpc) is 2.52. The lowest BCUT2D eigenvalue weighted by molar-refractivity contribution is -0.119. The molecule has 0 aromatic heterocycles. The number of rotatable bonds is 5. The van der Waals surface area contributed by atoms with Gasteiger partial charge in [0.2, 0.25) is 0 Å². The molecule has 0 bridgehead atoms. The van der Waals surface area contributed by atoms with Crippen LogP contribution in [0.2, 0.25) is 5.02 Å². The van der Waals surface area contributed by atoms with E-state index < -0.39 is 29.3 Å². The monoisotopic (exact) mass is 351 g/mol. The van der Waals surface area contributed by atoms with Gasteiger partial charge >= 0.3 is 5.97 Å². The summed E-state index contributed by atoms with van der Waals surface area (Å²) < 4.78 is 16.6. The molecule has 0 aliphatic rings. The molecule has 2 aromatic rings. The zero-order valence-corrected chi connectivity index (χ0v) is 13.8. The number of esters is 1. The maximum atomic E-state index is 12.0. The smallest absolute Gasteiger partial charge is 0.339 e. The molecule has 23 heavy (non-hydrogen) atoms. The summed E-state index contributed by atoms with van der Waals surface area (Å²) in [5.41, 5.74) is 0.692. The summed E-state index contributed by atoms with van der Waals surface area (Å²) in [5.74, 6) is -1.19. The molecule has 1 amide bonds. The molecule has 0 saturated heterocycles. The predicted molar refractivity (Wildman–Crippen MR) is 89.1 cm³/mol. The molecule has 0 unspecified atom stereocenters. The lowest BCUT2D eigenvalue weighted by Gasteiger charge is -2.08. The van der Waals surface area contributed by atoms with Crippen LogP contribution in [0.5, 0.6) is 0 Å². The number of ether oxygens (including phenoxy) is 1. The molecule has 0 aliphatic heterocycles. The minimum Gasteiger partial charge on any atom is -0.452 e. The van der Waals surface area contributed by atoms with E-state index in [4.69, 9.17) is 16.3 Å². The molecule has 0 spiro atoms. The van der Waals surface area contributed by atoms with Gasteiger partial charge in [0, 0.05) is 17.0 Å². The van der Waals surface area contributed by atoms with Crippen LogP contribution in [-0.2, 0) is 20.3 Å². The van der Waals surface area contributed by atoms with Crippen molar-refractivity contribution in [1.29, 1.82) is 0 Å². The van der Waals surface area contributed by atoms with E-state index in [0.717, 1.165) is 0 Å². The van der Waals surface area contributed by atoms with Gasteiger partial charge in [-0.25, -0.2) is 4.79 Å². The van der Waals surface area contributed by atoms with E-state index in [0.29, 0.717) is 15.6 Å². The molecular weight excluding hydrogens is 338 g/mol. The Morgan fingerprint density at radius 3 is 2.61 bits per heavy atom. The Balaban J connectivity index is 1.97. The van der Waals surface area contributed by atoms with Crippen molar-refractivity contribution >= 4 is 40.0 Å². The van der Waals surface area contributed by atoms with Gasteiger partial charge in [-0.15, -0.1) is 0 Å². The van der Waals surface area contributed by atoms with Crippen LogP contribution >= 0.6 is 11.6 Å². The summed E-state index contributed by atoms with van der Waals surface area (Å²) in [4.78, 5) is 24.2. The maximum Gasteiger partial charge on any atom is 0.339 e. The number of halogens is 1. The number of carbonyl (C=O) groups is 2. The van der Waals surface area contributed by atoms with Crippen LogP contribution in [0.15, 0.2) is 53.4 Å². The third kappa shape index (κ3) is 4.91. The van der Waals surface area contributed by atoms with Crippen LogP contribution in [0.25, 0.3) is 0 Å². The van der Waals surface area contributed by atoms with E-state index in [-0.39, 0.29) is 5.56 Å². The molecule has 5 nitrogen and oxygen atoms in total. The average molecular weight is 352 g/mol. The predicted octanol–water partition coefficient (Wildman–Crippen LogP) is 2.87. The van der Waals surface area contributed by atoms with Gasteiger partial charge in [-0.05, 0) is 30.3 Å². The zero-order chi connectivity index (χ0) is 16.8. The van der Waals surface area contributed by atoms with Gasteiger partial charge in [-0.2, -0.15) is 0 Å². The number of carbonyl (C=O) groups excluding carboxylic acids is 2. The summed E-state index contributed by atoms with van der Waals surface area (Å²) in [6, 6.07) is 13.0. The Hall–Kier alpha value is -2.18. The van der Waals surface area contributed by atoms with Gasteiger partial charge in [0.25, 0.3) is 5.91 Å². The Morgan fingerprint density at radius 1 is 1.17 bits per heavy atom. The van der Waals surface area contributed by atoms with Crippen molar-refractivity contribution < 1.29 is 18.5 Å². The lowest BCUT2D eigenvalue weighted by Crippen LogP contribution is -2.21. The Bertz CT molecular complexity index is 763. The molecule has 0 radical (unpaired) electrons. The largest absolute Gasteiger partial charge is 0.452 e. The molecule has 0 fully saturated rings. The Labute approximate surface area is 141 Å². The SMILES string of the molecule is C[S@@](=O)c1ccccc1C(=O)OCC(=O)Nc1cccc(Cl)c1. The van der Waals surface area contributed by atoms with Gasteiger partial charge < -0.3 is 10.1 Å². The highest BCUT2D eigenvalue weighted by atomic mass is 35.5. The molecule has 0 saturated carbocycles. The first-order chi connectivity index (χ1) is 11.0. The van der Waals surface area contributed by atoms with Crippen molar-refractivity contribution in [2.45, 2.75) is 4.90 Å². The van der Waals surface area contributed by atoms with Crippen molar-refractivity contribution in [3.05, 3.63) is 59.1 Å². The summed E-state index contributed by atoms with van der Waals surface area (Å²) in [6.07, 6.45) is 1.47. The van der Waals surface area contributed by atoms with Crippen molar-refractivity contribution in [3.63, 3.8) is 0 Å². The molecule has 0 aliphatic carbocycles. The van der Waals surface area contributed by atoms with Crippen LogP contribution in [0.1, 0.15) is 10.4 Å². The van der Waals surface area contributed by atoms with Gasteiger partial charge in [-0.1, -0.05) is 29.8 Å². The van der Waals surface area contributed by atoms with Gasteiger partial charge in [-0.3, -0.25) is 9.00 Å². The molecule has 1 atom stereocenters. The highest BCUT2D eigenvalue weighted by Gasteiger charge is 2.16. The topological polar surface area (TPSA) is 72.5 Å². The summed E-state index contributed by atoms with van der Waals surface area (Å²) >= 11 is 5.82. The third-order valence-electron chi connectivity index (χ3n) is 2.86. The third-order valence-corrected chi connectivity index (χ3v) is 4.07. The van der Waals surface area contributed by atoms with Crippen LogP contribution in [0.3, 0.4) is 0 Å². The molecule has 0 heterocycles. The minimum atomic E-state index is -1.33. The van der Waals surface area contributed by atoms with E-state index in [1.165, 1.54) is 12.3 Å². The van der Waals surface area contributed by atoms with Crippen LogP contribution in [0.4, 0.5) is 5.69 Å². The van der Waals surface area contributed by atoms with Crippen molar-refractivity contribution in [2.24, 2.45) is 0 Å². The second-order valence-electron chi connectivity index (χ2n) is 4.58. The number of benzene rings is 2. The number of nitrogens with one attached hydrogen (secondary N) is 1. The van der Waals surface area contributed by atoms with E-state index in [2.05, 4.69) is 5.32 Å². The summed E-state index contributed by atoms with van der Waals surface area (Å²) in [7, 11) is -1.33. The molecule has 120 valence electrons. The van der Waals surface area contributed by atoms with Gasteiger partial charge in [0.05, 0.1) is 21.3 Å². The second-order valence-corrected chi connectivity index (χ2v) is 6.37. The normalized spacial score (nSPS) is 11.6. The van der Waals surface area contributed by atoms with Crippen LogP contribution < -0.4 is 5.32 Å². The Morgan fingerprint density at radius 2 is 1.91 bits per heavy atom. The van der Waals surface area contributed by atoms with E-state index in [1.54, 1.807) is 42.5 Å². The summed E-state index contributed by atoms with van der Waals surface area (Å²) in [5, 5.41) is 3.05. The molecular formula is C16H14ClNO4S. The first kappa shape index (κ1) is 17.2. The molecule has 2 aromatic carbocycles. The highest BCUT2D eigenvalue weighted by Crippen LogP contribution is 2.15. The fourth-order valence-corrected chi connectivity index (χ4v) is 2.78. The minimum absolute atomic E-state index is 0.184.